The van der Waals surface area contributed by atoms with Gasteiger partial charge in [0, 0.05) is 13.5 Å². The second kappa shape index (κ2) is 7.81. The fourth-order valence-electron chi connectivity index (χ4n) is 2.12. The molecule has 1 amide bonds. The van der Waals surface area contributed by atoms with Gasteiger partial charge < -0.3 is 10.0 Å². The van der Waals surface area contributed by atoms with Crippen molar-refractivity contribution in [2.24, 2.45) is 5.92 Å². The summed E-state index contributed by atoms with van der Waals surface area (Å²) in [6.07, 6.45) is 2.02. The lowest BCUT2D eigenvalue weighted by atomic mass is 10.0. The largest absolute Gasteiger partial charge is 0.480 e. The summed E-state index contributed by atoms with van der Waals surface area (Å²) < 4.78 is 0. The summed E-state index contributed by atoms with van der Waals surface area (Å²) in [4.78, 5) is 24.1. The van der Waals surface area contributed by atoms with Gasteiger partial charge in [-0.25, -0.2) is 4.79 Å². The fourth-order valence-corrected chi connectivity index (χ4v) is 2.12. The van der Waals surface area contributed by atoms with Gasteiger partial charge in [0.05, 0.1) is 0 Å². The molecule has 0 saturated carbocycles. The molecule has 4 nitrogen and oxygen atoms in total. The minimum Gasteiger partial charge on any atom is -0.480 e. The summed E-state index contributed by atoms with van der Waals surface area (Å²) in [5.41, 5.74) is 2.41. The number of carboxylic acids is 1. The van der Waals surface area contributed by atoms with Crippen LogP contribution in [0.2, 0.25) is 0 Å². The quantitative estimate of drug-likeness (QED) is 0.840. The van der Waals surface area contributed by atoms with Crippen LogP contribution in [0.5, 0.6) is 0 Å². The number of likely N-dealkylation sites (N-methyl/N-ethyl adjacent to an activating group) is 1. The molecule has 1 N–H and O–H groups in total. The summed E-state index contributed by atoms with van der Waals surface area (Å²) in [5.74, 6) is -0.497. The monoisotopic (exact) mass is 291 g/mol. The van der Waals surface area contributed by atoms with Crippen LogP contribution >= 0.6 is 0 Å². The summed E-state index contributed by atoms with van der Waals surface area (Å²) in [7, 11) is 1.53. The summed E-state index contributed by atoms with van der Waals surface area (Å²) >= 11 is 0. The number of aliphatic carboxylic acids is 1. The van der Waals surface area contributed by atoms with Gasteiger partial charge in [0.15, 0.2) is 0 Å². The molecule has 0 aliphatic heterocycles. The predicted octanol–water partition coefficient (Wildman–Crippen LogP) is 2.75. The van der Waals surface area contributed by atoms with Gasteiger partial charge in [-0.05, 0) is 36.8 Å². The van der Waals surface area contributed by atoms with Crippen LogP contribution in [0.25, 0.3) is 0 Å². The van der Waals surface area contributed by atoms with Gasteiger partial charge >= 0.3 is 5.97 Å². The molecule has 1 aromatic carbocycles. The Labute approximate surface area is 126 Å². The van der Waals surface area contributed by atoms with E-state index in [0.29, 0.717) is 18.8 Å². The van der Waals surface area contributed by atoms with Crippen LogP contribution in [0, 0.1) is 5.92 Å². The highest BCUT2D eigenvalue weighted by Gasteiger charge is 2.21. The molecule has 1 atom stereocenters. The molecule has 0 aliphatic carbocycles. The minimum atomic E-state index is -0.983. The fraction of sp³-hybridized carbons (Fsp3) is 0.529. The molecule has 0 bridgehead atoms. The third kappa shape index (κ3) is 5.58. The maximum absolute atomic E-state index is 11.9. The van der Waals surface area contributed by atoms with Crippen LogP contribution in [-0.2, 0) is 22.4 Å². The zero-order chi connectivity index (χ0) is 16.0. The second-order valence-electron chi connectivity index (χ2n) is 5.93. The summed E-state index contributed by atoms with van der Waals surface area (Å²) in [6, 6.07) is 7.51. The predicted molar refractivity (Wildman–Crippen MR) is 83.2 cm³/mol. The standard InChI is InChI=1S/C17H25NO3/c1-12(2)11-15-7-5-14(6-8-15)9-10-16(19)18(4)13(3)17(20)21/h5-8,12-13H,9-11H2,1-4H3,(H,20,21). The molecular formula is C17H25NO3. The van der Waals surface area contributed by atoms with E-state index in [0.717, 1.165) is 12.0 Å². The summed E-state index contributed by atoms with van der Waals surface area (Å²) in [6.45, 7) is 5.89. The van der Waals surface area contributed by atoms with Gasteiger partial charge in [-0.3, -0.25) is 4.79 Å². The molecule has 0 aliphatic rings. The Kier molecular flexibility index (Phi) is 6.40. The van der Waals surface area contributed by atoms with E-state index < -0.39 is 12.0 Å². The van der Waals surface area contributed by atoms with Gasteiger partial charge in [-0.2, -0.15) is 0 Å². The van der Waals surface area contributed by atoms with E-state index in [-0.39, 0.29) is 5.91 Å². The van der Waals surface area contributed by atoms with Crippen molar-refractivity contribution in [1.82, 2.24) is 4.90 Å². The zero-order valence-corrected chi connectivity index (χ0v) is 13.3. The molecule has 4 heteroatoms. The van der Waals surface area contributed by atoms with Crippen molar-refractivity contribution >= 4 is 11.9 Å². The SMILES string of the molecule is CC(C)Cc1ccc(CCC(=O)N(C)C(C)C(=O)O)cc1. The molecular weight excluding hydrogens is 266 g/mol. The first-order valence-corrected chi connectivity index (χ1v) is 7.37. The highest BCUT2D eigenvalue weighted by atomic mass is 16.4. The van der Waals surface area contributed by atoms with Gasteiger partial charge in [-0.1, -0.05) is 38.1 Å². The van der Waals surface area contributed by atoms with Crippen molar-refractivity contribution in [3.63, 3.8) is 0 Å². The maximum atomic E-state index is 11.9. The maximum Gasteiger partial charge on any atom is 0.326 e. The molecule has 0 radical (unpaired) electrons. The van der Waals surface area contributed by atoms with Crippen LogP contribution < -0.4 is 0 Å². The number of benzene rings is 1. The van der Waals surface area contributed by atoms with Crippen molar-refractivity contribution in [3.05, 3.63) is 35.4 Å². The van der Waals surface area contributed by atoms with Crippen LogP contribution in [0.1, 0.15) is 38.3 Å². The van der Waals surface area contributed by atoms with E-state index in [1.807, 2.05) is 12.1 Å². The molecule has 1 rings (SSSR count). The van der Waals surface area contributed by atoms with E-state index in [1.54, 1.807) is 0 Å². The first-order chi connectivity index (χ1) is 9.81. The molecule has 116 valence electrons. The number of hydrogen-bond acceptors (Lipinski definition) is 2. The number of aryl methyl sites for hydroxylation is 1. The Morgan fingerprint density at radius 3 is 2.10 bits per heavy atom. The second-order valence-corrected chi connectivity index (χ2v) is 5.93. The van der Waals surface area contributed by atoms with Gasteiger partial charge in [-0.15, -0.1) is 0 Å². The number of carbonyl (C=O) groups excluding carboxylic acids is 1. The molecule has 0 spiro atoms. The van der Waals surface area contributed by atoms with Crippen LogP contribution in [0.15, 0.2) is 24.3 Å². The topological polar surface area (TPSA) is 57.6 Å². The molecule has 0 heterocycles. The first-order valence-electron chi connectivity index (χ1n) is 7.37. The van der Waals surface area contributed by atoms with E-state index in [9.17, 15) is 9.59 Å². The highest BCUT2D eigenvalue weighted by Crippen LogP contribution is 2.12. The van der Waals surface area contributed by atoms with Gasteiger partial charge in [0.1, 0.15) is 6.04 Å². The molecule has 1 aromatic rings. The van der Waals surface area contributed by atoms with Crippen molar-refractivity contribution < 1.29 is 14.7 Å². The number of carboxylic acid groups (broad SMARTS) is 1. The van der Waals surface area contributed by atoms with Gasteiger partial charge in [0.25, 0.3) is 0 Å². The lowest BCUT2D eigenvalue weighted by molar-refractivity contribution is -0.148. The Bertz CT molecular complexity index is 479. The summed E-state index contributed by atoms with van der Waals surface area (Å²) in [5, 5.41) is 8.90. The van der Waals surface area contributed by atoms with Crippen LogP contribution in [0.4, 0.5) is 0 Å². The highest BCUT2D eigenvalue weighted by molar-refractivity contribution is 5.83. The van der Waals surface area contributed by atoms with Crippen molar-refractivity contribution in [1.29, 1.82) is 0 Å². The Morgan fingerprint density at radius 2 is 1.62 bits per heavy atom. The van der Waals surface area contributed by atoms with Crippen LogP contribution in [-0.4, -0.2) is 35.0 Å². The molecule has 0 aromatic heterocycles. The normalized spacial score (nSPS) is 12.2. The molecule has 21 heavy (non-hydrogen) atoms. The van der Waals surface area contributed by atoms with Crippen molar-refractivity contribution in [3.8, 4) is 0 Å². The van der Waals surface area contributed by atoms with Crippen molar-refractivity contribution in [2.75, 3.05) is 7.05 Å². The average molecular weight is 291 g/mol. The number of amides is 1. The van der Waals surface area contributed by atoms with Crippen molar-refractivity contribution in [2.45, 2.75) is 46.1 Å². The lowest BCUT2D eigenvalue weighted by Crippen LogP contribution is -2.40. The number of carbonyl (C=O) groups is 2. The number of nitrogens with zero attached hydrogens (tertiary/aromatic N) is 1. The van der Waals surface area contributed by atoms with Gasteiger partial charge in [0.2, 0.25) is 5.91 Å². The van der Waals surface area contributed by atoms with E-state index >= 15 is 0 Å². The molecule has 1 unspecified atom stereocenters. The average Bonchev–Trinajstić information content (AvgIpc) is 2.43. The minimum absolute atomic E-state index is 0.142. The smallest absolute Gasteiger partial charge is 0.326 e. The zero-order valence-electron chi connectivity index (χ0n) is 13.3. The lowest BCUT2D eigenvalue weighted by Gasteiger charge is -2.21. The van der Waals surface area contributed by atoms with E-state index in [4.69, 9.17) is 5.11 Å². The molecule has 0 fully saturated rings. The van der Waals surface area contributed by atoms with E-state index in [2.05, 4.69) is 26.0 Å². The third-order valence-corrected chi connectivity index (χ3v) is 3.63. The van der Waals surface area contributed by atoms with E-state index in [1.165, 1.54) is 24.4 Å². The number of hydrogen-bond donors (Lipinski definition) is 1. The Morgan fingerprint density at radius 1 is 1.10 bits per heavy atom. The van der Waals surface area contributed by atoms with Crippen LogP contribution in [0.3, 0.4) is 0 Å². The Balaban J connectivity index is 2.51. The third-order valence-electron chi connectivity index (χ3n) is 3.63. The first kappa shape index (κ1) is 17.2. The molecule has 0 saturated heterocycles. The Hall–Kier alpha value is -1.84. The number of rotatable bonds is 7.